The molecule has 0 aromatic heterocycles. The molecule has 1 unspecified atom stereocenters. The monoisotopic (exact) mass is 284 g/mol. The Bertz CT molecular complexity index is 680. The fraction of sp³-hybridized carbons (Fsp3) is 0.125. The first-order chi connectivity index (χ1) is 10.1. The number of rotatable bonds is 5. The van der Waals surface area contributed by atoms with Crippen LogP contribution in [0.3, 0.4) is 0 Å². The quantitative estimate of drug-likeness (QED) is 0.885. The van der Waals surface area contributed by atoms with Gasteiger partial charge in [-0.15, -0.1) is 0 Å². The molecule has 2 rings (SSSR count). The molecular formula is C16H13FN2O2. The Morgan fingerprint density at radius 2 is 2.00 bits per heavy atom. The van der Waals surface area contributed by atoms with Gasteiger partial charge in [-0.25, -0.2) is 4.39 Å². The van der Waals surface area contributed by atoms with E-state index in [0.717, 1.165) is 0 Å². The van der Waals surface area contributed by atoms with E-state index < -0.39 is 17.8 Å². The third-order valence-electron chi connectivity index (χ3n) is 3.04. The number of carboxylic acids is 1. The molecule has 21 heavy (non-hydrogen) atoms. The predicted molar refractivity (Wildman–Crippen MR) is 74.8 cm³/mol. The molecule has 5 heteroatoms. The lowest BCUT2D eigenvalue weighted by atomic mass is 10.1. The molecule has 0 aliphatic rings. The van der Waals surface area contributed by atoms with Crippen molar-refractivity contribution in [3.8, 4) is 6.07 Å². The summed E-state index contributed by atoms with van der Waals surface area (Å²) in [5.74, 6) is -1.58. The van der Waals surface area contributed by atoms with Crippen molar-refractivity contribution < 1.29 is 14.3 Å². The third kappa shape index (κ3) is 3.65. The fourth-order valence-electron chi connectivity index (χ4n) is 1.98. The number of carboxylic acid groups (broad SMARTS) is 1. The Hall–Kier alpha value is -2.71. The SMILES string of the molecule is N#Cc1cc(CNC(C(=O)O)c2ccccc2)ccc1F. The highest BCUT2D eigenvalue weighted by atomic mass is 19.1. The van der Waals surface area contributed by atoms with Crippen LogP contribution in [0.15, 0.2) is 48.5 Å². The van der Waals surface area contributed by atoms with Crippen LogP contribution in [0.1, 0.15) is 22.7 Å². The van der Waals surface area contributed by atoms with Crippen molar-refractivity contribution in [3.05, 3.63) is 71.0 Å². The summed E-state index contributed by atoms with van der Waals surface area (Å²) in [6.07, 6.45) is 0. The maximum Gasteiger partial charge on any atom is 0.325 e. The van der Waals surface area contributed by atoms with E-state index in [2.05, 4.69) is 5.32 Å². The molecule has 0 spiro atoms. The van der Waals surface area contributed by atoms with E-state index in [1.165, 1.54) is 18.2 Å². The minimum absolute atomic E-state index is 0.0547. The Labute approximate surface area is 121 Å². The van der Waals surface area contributed by atoms with Crippen LogP contribution >= 0.6 is 0 Å². The average Bonchev–Trinajstić information content (AvgIpc) is 2.49. The van der Waals surface area contributed by atoms with Crippen molar-refractivity contribution in [2.75, 3.05) is 0 Å². The van der Waals surface area contributed by atoms with E-state index in [1.54, 1.807) is 30.3 Å². The molecule has 0 bridgehead atoms. The average molecular weight is 284 g/mol. The summed E-state index contributed by atoms with van der Waals surface area (Å²) in [7, 11) is 0. The molecule has 0 amide bonds. The van der Waals surface area contributed by atoms with Crippen molar-refractivity contribution in [1.29, 1.82) is 5.26 Å². The van der Waals surface area contributed by atoms with Gasteiger partial charge in [0, 0.05) is 6.54 Å². The fourth-order valence-corrected chi connectivity index (χ4v) is 1.98. The molecule has 0 aliphatic carbocycles. The molecular weight excluding hydrogens is 271 g/mol. The lowest BCUT2D eigenvalue weighted by Crippen LogP contribution is -2.28. The molecule has 0 heterocycles. The second-order valence-corrected chi connectivity index (χ2v) is 4.49. The number of hydrogen-bond acceptors (Lipinski definition) is 3. The van der Waals surface area contributed by atoms with E-state index in [1.807, 2.05) is 6.07 Å². The second-order valence-electron chi connectivity index (χ2n) is 4.49. The van der Waals surface area contributed by atoms with Gasteiger partial charge in [0.15, 0.2) is 0 Å². The summed E-state index contributed by atoms with van der Waals surface area (Å²) < 4.78 is 13.2. The predicted octanol–water partition coefficient (Wildman–Crippen LogP) is 2.61. The van der Waals surface area contributed by atoms with Gasteiger partial charge in [0.25, 0.3) is 0 Å². The molecule has 0 radical (unpaired) electrons. The molecule has 2 N–H and O–H groups in total. The zero-order chi connectivity index (χ0) is 15.2. The van der Waals surface area contributed by atoms with Crippen LogP contribution < -0.4 is 5.32 Å². The number of nitrogens with one attached hydrogen (secondary N) is 1. The van der Waals surface area contributed by atoms with Crippen LogP contribution in [-0.2, 0) is 11.3 Å². The Morgan fingerprint density at radius 3 is 2.62 bits per heavy atom. The number of aliphatic carboxylic acids is 1. The minimum Gasteiger partial charge on any atom is -0.480 e. The van der Waals surface area contributed by atoms with E-state index in [0.29, 0.717) is 11.1 Å². The van der Waals surface area contributed by atoms with Crippen molar-refractivity contribution in [2.45, 2.75) is 12.6 Å². The number of benzene rings is 2. The summed E-state index contributed by atoms with van der Waals surface area (Å²) >= 11 is 0. The van der Waals surface area contributed by atoms with Crippen LogP contribution in [0, 0.1) is 17.1 Å². The summed E-state index contributed by atoms with van der Waals surface area (Å²) in [6, 6.07) is 13.8. The summed E-state index contributed by atoms with van der Waals surface area (Å²) in [5.41, 5.74) is 1.23. The van der Waals surface area contributed by atoms with E-state index in [-0.39, 0.29) is 12.1 Å². The zero-order valence-electron chi connectivity index (χ0n) is 11.1. The van der Waals surface area contributed by atoms with E-state index >= 15 is 0 Å². The van der Waals surface area contributed by atoms with Crippen molar-refractivity contribution in [2.24, 2.45) is 0 Å². The Morgan fingerprint density at radius 1 is 1.29 bits per heavy atom. The van der Waals surface area contributed by atoms with Gasteiger partial charge in [0.05, 0.1) is 5.56 Å². The molecule has 106 valence electrons. The lowest BCUT2D eigenvalue weighted by Gasteiger charge is -2.15. The number of nitriles is 1. The zero-order valence-corrected chi connectivity index (χ0v) is 11.1. The maximum atomic E-state index is 13.2. The summed E-state index contributed by atoms with van der Waals surface area (Å²) in [6.45, 7) is 0.223. The first-order valence-electron chi connectivity index (χ1n) is 6.31. The van der Waals surface area contributed by atoms with Gasteiger partial charge in [-0.05, 0) is 23.3 Å². The number of nitrogens with zero attached hydrogens (tertiary/aromatic N) is 1. The first kappa shape index (κ1) is 14.7. The molecule has 0 saturated carbocycles. The minimum atomic E-state index is -0.996. The van der Waals surface area contributed by atoms with Gasteiger partial charge >= 0.3 is 5.97 Å². The highest BCUT2D eigenvalue weighted by Gasteiger charge is 2.18. The standard InChI is InChI=1S/C16H13FN2O2/c17-14-7-6-11(8-13(14)9-18)10-19-15(16(20)21)12-4-2-1-3-5-12/h1-8,15,19H,10H2,(H,20,21). The third-order valence-corrected chi connectivity index (χ3v) is 3.04. The largest absolute Gasteiger partial charge is 0.480 e. The molecule has 0 saturated heterocycles. The van der Waals surface area contributed by atoms with Crippen LogP contribution in [-0.4, -0.2) is 11.1 Å². The lowest BCUT2D eigenvalue weighted by molar-refractivity contribution is -0.139. The van der Waals surface area contributed by atoms with Gasteiger partial charge in [0.1, 0.15) is 17.9 Å². The van der Waals surface area contributed by atoms with Crippen molar-refractivity contribution in [3.63, 3.8) is 0 Å². The Kier molecular flexibility index (Phi) is 4.64. The highest BCUT2D eigenvalue weighted by molar-refractivity contribution is 5.75. The van der Waals surface area contributed by atoms with Crippen LogP contribution in [0.5, 0.6) is 0 Å². The topological polar surface area (TPSA) is 73.1 Å². The van der Waals surface area contributed by atoms with Crippen molar-refractivity contribution in [1.82, 2.24) is 5.32 Å². The molecule has 2 aromatic carbocycles. The number of halogens is 1. The Balaban J connectivity index is 2.13. The molecule has 1 atom stereocenters. The van der Waals surface area contributed by atoms with Gasteiger partial charge < -0.3 is 5.11 Å². The summed E-state index contributed by atoms with van der Waals surface area (Å²) in [4.78, 5) is 11.3. The summed E-state index contributed by atoms with van der Waals surface area (Å²) in [5, 5.41) is 20.9. The van der Waals surface area contributed by atoms with Crippen molar-refractivity contribution >= 4 is 5.97 Å². The van der Waals surface area contributed by atoms with E-state index in [9.17, 15) is 14.3 Å². The van der Waals surface area contributed by atoms with Crippen LogP contribution in [0.4, 0.5) is 4.39 Å². The second kappa shape index (κ2) is 6.64. The first-order valence-corrected chi connectivity index (χ1v) is 6.31. The number of hydrogen-bond donors (Lipinski definition) is 2. The van der Waals surface area contributed by atoms with Crippen LogP contribution in [0.25, 0.3) is 0 Å². The number of carbonyl (C=O) groups is 1. The molecule has 2 aromatic rings. The maximum absolute atomic E-state index is 13.2. The van der Waals surface area contributed by atoms with Gasteiger partial charge in [-0.2, -0.15) is 5.26 Å². The molecule has 4 nitrogen and oxygen atoms in total. The highest BCUT2D eigenvalue weighted by Crippen LogP contribution is 2.15. The molecule has 0 fully saturated rings. The van der Waals surface area contributed by atoms with Gasteiger partial charge in [0.2, 0.25) is 0 Å². The normalized spacial score (nSPS) is 11.6. The van der Waals surface area contributed by atoms with E-state index in [4.69, 9.17) is 5.26 Å². The van der Waals surface area contributed by atoms with Gasteiger partial charge in [-0.1, -0.05) is 36.4 Å². The smallest absolute Gasteiger partial charge is 0.325 e. The molecule has 0 aliphatic heterocycles. The van der Waals surface area contributed by atoms with Gasteiger partial charge in [-0.3, -0.25) is 10.1 Å². The van der Waals surface area contributed by atoms with Crippen LogP contribution in [0.2, 0.25) is 0 Å².